The second-order valence-corrected chi connectivity index (χ2v) is 6.33. The third-order valence-electron chi connectivity index (χ3n) is 4.45. The summed E-state index contributed by atoms with van der Waals surface area (Å²) in [5, 5.41) is 1.07. The van der Waals surface area contributed by atoms with Crippen molar-refractivity contribution in [3.63, 3.8) is 0 Å². The Kier molecular flexibility index (Phi) is 4.42. The molecule has 1 aliphatic heterocycles. The number of hydrazine groups is 1. The van der Waals surface area contributed by atoms with Crippen LogP contribution in [-0.4, -0.2) is 29.1 Å². The van der Waals surface area contributed by atoms with Gasteiger partial charge in [0, 0.05) is 11.2 Å². The van der Waals surface area contributed by atoms with Crippen molar-refractivity contribution in [3.8, 4) is 11.5 Å². The van der Waals surface area contributed by atoms with Crippen molar-refractivity contribution in [1.29, 1.82) is 0 Å². The molecule has 0 radical (unpaired) electrons. The molecule has 2 N–H and O–H groups in total. The van der Waals surface area contributed by atoms with E-state index in [0.717, 1.165) is 16.6 Å². The fourth-order valence-electron chi connectivity index (χ4n) is 3.10. The summed E-state index contributed by atoms with van der Waals surface area (Å²) >= 11 is 0. The van der Waals surface area contributed by atoms with Crippen molar-refractivity contribution < 1.29 is 19.1 Å². The molecule has 4 rings (SSSR count). The summed E-state index contributed by atoms with van der Waals surface area (Å²) in [6, 6.07) is 17.0. The molecule has 1 aromatic heterocycles. The molecule has 0 saturated heterocycles. The highest BCUT2D eigenvalue weighted by molar-refractivity contribution is 5.87. The number of benzene rings is 2. The van der Waals surface area contributed by atoms with Gasteiger partial charge in [0.1, 0.15) is 13.2 Å². The lowest BCUT2D eigenvalue weighted by Gasteiger charge is -2.25. The van der Waals surface area contributed by atoms with E-state index < -0.39 is 12.0 Å². The minimum Gasteiger partial charge on any atom is -0.485 e. The van der Waals surface area contributed by atoms with Crippen LogP contribution in [0.25, 0.3) is 10.9 Å². The molecule has 1 atom stereocenters. The molecule has 0 fully saturated rings. The van der Waals surface area contributed by atoms with E-state index in [2.05, 4.69) is 10.9 Å². The molecule has 138 valence electrons. The summed E-state index contributed by atoms with van der Waals surface area (Å²) in [7, 11) is 0. The molecule has 0 aliphatic carbocycles. The maximum atomic E-state index is 12.3. The third-order valence-corrected chi connectivity index (χ3v) is 4.45. The van der Waals surface area contributed by atoms with Crippen molar-refractivity contribution in [3.05, 3.63) is 60.3 Å². The van der Waals surface area contributed by atoms with Crippen molar-refractivity contribution in [2.24, 2.45) is 0 Å². The van der Waals surface area contributed by atoms with E-state index in [0.29, 0.717) is 11.5 Å². The summed E-state index contributed by atoms with van der Waals surface area (Å²) in [6.45, 7) is 2.13. The number of amides is 2. The maximum Gasteiger partial charge on any atom is 0.283 e. The van der Waals surface area contributed by atoms with Gasteiger partial charge in [-0.15, -0.1) is 0 Å². The molecule has 7 heteroatoms. The van der Waals surface area contributed by atoms with Crippen LogP contribution in [0.3, 0.4) is 0 Å². The Morgan fingerprint density at radius 2 is 1.81 bits per heavy atom. The number of aryl methyl sites for hydroxylation is 1. The third kappa shape index (κ3) is 3.44. The molecular formula is C20H19N3O4. The number of fused-ring (bicyclic) bond motifs is 2. The van der Waals surface area contributed by atoms with Crippen LogP contribution in [0.2, 0.25) is 0 Å². The monoisotopic (exact) mass is 365 g/mol. The van der Waals surface area contributed by atoms with Gasteiger partial charge in [-0.25, -0.2) is 0 Å². The Hall–Kier alpha value is -3.48. The lowest BCUT2D eigenvalue weighted by molar-refractivity contribution is -0.135. The number of carbonyl (C=O) groups excluding carboxylic acids is 2. The number of aromatic nitrogens is 1. The smallest absolute Gasteiger partial charge is 0.283 e. The van der Waals surface area contributed by atoms with Gasteiger partial charge in [0.15, 0.2) is 11.5 Å². The Labute approximate surface area is 155 Å². The first-order chi connectivity index (χ1) is 13.1. The van der Waals surface area contributed by atoms with Gasteiger partial charge in [-0.1, -0.05) is 30.3 Å². The van der Waals surface area contributed by atoms with E-state index in [1.54, 1.807) is 18.2 Å². The molecular weight excluding hydrogens is 346 g/mol. The van der Waals surface area contributed by atoms with Crippen LogP contribution >= 0.6 is 0 Å². The minimum atomic E-state index is -0.825. The van der Waals surface area contributed by atoms with Crippen LogP contribution in [0.5, 0.6) is 11.5 Å². The van der Waals surface area contributed by atoms with Crippen LogP contribution in [0, 0.1) is 6.92 Å². The van der Waals surface area contributed by atoms with Crippen molar-refractivity contribution in [2.75, 3.05) is 6.61 Å². The Bertz CT molecular complexity index is 1010. The van der Waals surface area contributed by atoms with E-state index in [4.69, 9.17) is 9.47 Å². The first-order valence-corrected chi connectivity index (χ1v) is 8.64. The van der Waals surface area contributed by atoms with Gasteiger partial charge in [-0.2, -0.15) is 0 Å². The van der Waals surface area contributed by atoms with Crippen LogP contribution in [0.4, 0.5) is 0 Å². The predicted molar refractivity (Wildman–Crippen MR) is 99.3 cm³/mol. The maximum absolute atomic E-state index is 12.3. The number of ether oxygens (including phenoxy) is 2. The average molecular weight is 365 g/mol. The van der Waals surface area contributed by atoms with E-state index >= 15 is 0 Å². The molecule has 7 nitrogen and oxygen atoms in total. The molecule has 0 bridgehead atoms. The molecule has 0 unspecified atom stereocenters. The average Bonchev–Trinajstić information content (AvgIpc) is 3.01. The Balaban J connectivity index is 1.35. The number of nitrogens with zero attached hydrogens (tertiary/aromatic N) is 1. The summed E-state index contributed by atoms with van der Waals surface area (Å²) in [5.41, 5.74) is 6.79. The molecule has 27 heavy (non-hydrogen) atoms. The lowest BCUT2D eigenvalue weighted by atomic mass is 10.2. The van der Waals surface area contributed by atoms with E-state index in [-0.39, 0.29) is 19.1 Å². The quantitative estimate of drug-likeness (QED) is 0.695. The summed E-state index contributed by atoms with van der Waals surface area (Å²) < 4.78 is 13.0. The first-order valence-electron chi connectivity index (χ1n) is 8.64. The first kappa shape index (κ1) is 17.0. The summed E-state index contributed by atoms with van der Waals surface area (Å²) in [6.07, 6.45) is -0.825. The topological polar surface area (TPSA) is 81.6 Å². The van der Waals surface area contributed by atoms with Gasteiger partial charge in [0.2, 0.25) is 6.10 Å². The van der Waals surface area contributed by atoms with E-state index in [9.17, 15) is 9.59 Å². The van der Waals surface area contributed by atoms with Gasteiger partial charge in [0.25, 0.3) is 11.8 Å². The predicted octanol–water partition coefficient (Wildman–Crippen LogP) is 1.94. The lowest BCUT2D eigenvalue weighted by Crippen LogP contribution is -2.51. The van der Waals surface area contributed by atoms with Crippen molar-refractivity contribution in [1.82, 2.24) is 15.4 Å². The van der Waals surface area contributed by atoms with Gasteiger partial charge in [-0.3, -0.25) is 20.4 Å². The van der Waals surface area contributed by atoms with Gasteiger partial charge < -0.3 is 14.0 Å². The van der Waals surface area contributed by atoms with E-state index in [1.165, 1.54) is 0 Å². The zero-order valence-electron chi connectivity index (χ0n) is 14.8. The molecule has 2 heterocycles. The highest BCUT2D eigenvalue weighted by Crippen LogP contribution is 2.30. The number of hydrogen-bond acceptors (Lipinski definition) is 4. The highest BCUT2D eigenvalue weighted by Gasteiger charge is 2.27. The standard InChI is InChI=1S/C20H19N3O4/c1-13-10-14-6-2-3-7-15(14)23(13)11-19(24)21-22-20(25)18-12-26-16-8-4-5-9-17(16)27-18/h2-10,18H,11-12H2,1H3,(H,21,24)(H,22,25)/t18-/m0/s1. The molecule has 1 aliphatic rings. The summed E-state index contributed by atoms with van der Waals surface area (Å²) in [4.78, 5) is 24.5. The Morgan fingerprint density at radius 1 is 1.07 bits per heavy atom. The number of para-hydroxylation sites is 3. The van der Waals surface area contributed by atoms with Gasteiger partial charge >= 0.3 is 0 Å². The SMILES string of the molecule is Cc1cc2ccccc2n1CC(=O)NNC(=O)[C@@H]1COc2ccccc2O1. The molecule has 3 aromatic rings. The van der Waals surface area contributed by atoms with Crippen LogP contribution in [0.1, 0.15) is 5.69 Å². The van der Waals surface area contributed by atoms with Crippen LogP contribution in [0.15, 0.2) is 54.6 Å². The molecule has 2 amide bonds. The zero-order chi connectivity index (χ0) is 18.8. The van der Waals surface area contributed by atoms with Gasteiger partial charge in [-0.05, 0) is 36.6 Å². The number of carbonyl (C=O) groups is 2. The van der Waals surface area contributed by atoms with Crippen LogP contribution in [-0.2, 0) is 16.1 Å². The second-order valence-electron chi connectivity index (χ2n) is 6.33. The molecule has 0 spiro atoms. The second kappa shape index (κ2) is 7.03. The largest absolute Gasteiger partial charge is 0.485 e. The Morgan fingerprint density at radius 3 is 2.67 bits per heavy atom. The fraction of sp³-hybridized carbons (Fsp3) is 0.200. The molecule has 0 saturated carbocycles. The number of nitrogens with one attached hydrogen (secondary N) is 2. The minimum absolute atomic E-state index is 0.0834. The zero-order valence-corrected chi connectivity index (χ0v) is 14.8. The normalized spacial score (nSPS) is 15.4. The highest BCUT2D eigenvalue weighted by atomic mass is 16.6. The number of hydrogen-bond donors (Lipinski definition) is 2. The number of rotatable bonds is 3. The van der Waals surface area contributed by atoms with Crippen molar-refractivity contribution in [2.45, 2.75) is 19.6 Å². The van der Waals surface area contributed by atoms with E-state index in [1.807, 2.05) is 47.9 Å². The molecule has 2 aromatic carbocycles. The van der Waals surface area contributed by atoms with Crippen LogP contribution < -0.4 is 20.3 Å². The van der Waals surface area contributed by atoms with Crippen molar-refractivity contribution >= 4 is 22.7 Å². The summed E-state index contributed by atoms with van der Waals surface area (Å²) in [5.74, 6) is 0.307. The van der Waals surface area contributed by atoms with Gasteiger partial charge in [0.05, 0.1) is 0 Å². The fourth-order valence-corrected chi connectivity index (χ4v) is 3.10.